The number of hydrogen-bond donors (Lipinski definition) is 0. The highest BCUT2D eigenvalue weighted by Gasteiger charge is 2.22. The van der Waals surface area contributed by atoms with E-state index in [1.54, 1.807) is 12.4 Å². The molecule has 0 saturated carbocycles. The van der Waals surface area contributed by atoms with Gasteiger partial charge in [0, 0.05) is 18.9 Å². The fourth-order valence-electron chi connectivity index (χ4n) is 1.86. The standard InChI is InChI=1S/C13H19N3O2.ClH/c1-3-16(4-2)9-12-10-17-15-13(18-12)11-6-5-7-14-8-11;/h5-8,12H,3-4,9-10H2,1-2H3;1H. The summed E-state index contributed by atoms with van der Waals surface area (Å²) in [4.78, 5) is 11.6. The van der Waals surface area contributed by atoms with Gasteiger partial charge < -0.3 is 14.5 Å². The molecule has 1 unspecified atom stereocenters. The lowest BCUT2D eigenvalue weighted by molar-refractivity contribution is -0.00465. The molecular formula is C13H20ClN3O2. The minimum atomic E-state index is 0. The van der Waals surface area contributed by atoms with Crippen LogP contribution in [0.2, 0.25) is 0 Å². The van der Waals surface area contributed by atoms with Gasteiger partial charge in [-0.2, -0.15) is 0 Å². The zero-order valence-corrected chi connectivity index (χ0v) is 12.1. The van der Waals surface area contributed by atoms with E-state index in [4.69, 9.17) is 9.57 Å². The monoisotopic (exact) mass is 285 g/mol. The van der Waals surface area contributed by atoms with Crippen LogP contribution in [0.3, 0.4) is 0 Å². The number of hydrogen-bond acceptors (Lipinski definition) is 5. The molecule has 6 heteroatoms. The van der Waals surface area contributed by atoms with E-state index in [9.17, 15) is 0 Å². The number of aromatic nitrogens is 1. The molecule has 0 spiro atoms. The topological polar surface area (TPSA) is 47.0 Å². The molecule has 0 bridgehead atoms. The number of nitrogens with zero attached hydrogens (tertiary/aromatic N) is 3. The highest BCUT2D eigenvalue weighted by molar-refractivity contribution is 5.93. The fourth-order valence-corrected chi connectivity index (χ4v) is 1.86. The average molecular weight is 286 g/mol. The molecule has 0 N–H and O–H groups in total. The van der Waals surface area contributed by atoms with Crippen molar-refractivity contribution in [3.05, 3.63) is 30.1 Å². The Balaban J connectivity index is 0.00000180. The van der Waals surface area contributed by atoms with Crippen molar-refractivity contribution in [3.8, 4) is 0 Å². The van der Waals surface area contributed by atoms with Crippen molar-refractivity contribution in [1.29, 1.82) is 0 Å². The molecule has 0 radical (unpaired) electrons. The van der Waals surface area contributed by atoms with E-state index in [1.807, 2.05) is 12.1 Å². The number of ether oxygens (including phenoxy) is 1. The molecule has 0 amide bonds. The van der Waals surface area contributed by atoms with Gasteiger partial charge in [0.15, 0.2) is 6.61 Å². The van der Waals surface area contributed by atoms with Gasteiger partial charge in [-0.05, 0) is 30.4 Å². The van der Waals surface area contributed by atoms with Crippen molar-refractivity contribution in [2.75, 3.05) is 26.2 Å². The third-order valence-electron chi connectivity index (χ3n) is 2.95. The molecule has 1 aromatic heterocycles. The number of halogens is 1. The third kappa shape index (κ3) is 4.36. The van der Waals surface area contributed by atoms with Crippen LogP contribution in [0, 0.1) is 0 Å². The Hall–Kier alpha value is -1.33. The second-order valence-electron chi connectivity index (χ2n) is 4.16. The van der Waals surface area contributed by atoms with Gasteiger partial charge in [-0.1, -0.05) is 13.8 Å². The SMILES string of the molecule is CCN(CC)CC1CON=C(c2cccnc2)O1.Cl. The molecule has 106 valence electrons. The van der Waals surface area contributed by atoms with Crippen LogP contribution in [0.25, 0.3) is 0 Å². The third-order valence-corrected chi connectivity index (χ3v) is 2.95. The van der Waals surface area contributed by atoms with Crippen molar-refractivity contribution in [2.24, 2.45) is 5.16 Å². The average Bonchev–Trinajstić information content (AvgIpc) is 2.46. The van der Waals surface area contributed by atoms with Gasteiger partial charge >= 0.3 is 0 Å². The van der Waals surface area contributed by atoms with E-state index in [0.717, 1.165) is 25.2 Å². The number of pyridine rings is 1. The van der Waals surface area contributed by atoms with Gasteiger partial charge in [-0.25, -0.2) is 0 Å². The minimum absolute atomic E-state index is 0. The molecule has 1 aliphatic rings. The van der Waals surface area contributed by atoms with Crippen LogP contribution in [-0.2, 0) is 9.57 Å². The molecule has 0 fully saturated rings. The van der Waals surface area contributed by atoms with Crippen LogP contribution < -0.4 is 0 Å². The van der Waals surface area contributed by atoms with Crippen LogP contribution in [0.5, 0.6) is 0 Å². The Morgan fingerprint density at radius 1 is 1.37 bits per heavy atom. The van der Waals surface area contributed by atoms with Crippen molar-refractivity contribution >= 4 is 18.3 Å². The molecule has 1 aliphatic heterocycles. The van der Waals surface area contributed by atoms with Crippen LogP contribution >= 0.6 is 12.4 Å². The molecule has 0 aromatic carbocycles. The Morgan fingerprint density at radius 3 is 2.79 bits per heavy atom. The van der Waals surface area contributed by atoms with Crippen LogP contribution in [0.15, 0.2) is 29.7 Å². The highest BCUT2D eigenvalue weighted by atomic mass is 35.5. The highest BCUT2D eigenvalue weighted by Crippen LogP contribution is 2.11. The van der Waals surface area contributed by atoms with Crippen molar-refractivity contribution < 1.29 is 9.57 Å². The molecular weight excluding hydrogens is 266 g/mol. The van der Waals surface area contributed by atoms with Gasteiger partial charge in [0.05, 0.1) is 5.56 Å². The van der Waals surface area contributed by atoms with Crippen molar-refractivity contribution in [3.63, 3.8) is 0 Å². The number of oxime groups is 1. The van der Waals surface area contributed by atoms with Gasteiger partial charge in [-0.15, -0.1) is 12.4 Å². The second-order valence-corrected chi connectivity index (χ2v) is 4.16. The summed E-state index contributed by atoms with van der Waals surface area (Å²) in [6.45, 7) is 7.66. The van der Waals surface area contributed by atoms with Crippen LogP contribution in [0.1, 0.15) is 19.4 Å². The first kappa shape index (κ1) is 15.7. The van der Waals surface area contributed by atoms with Crippen molar-refractivity contribution in [2.45, 2.75) is 20.0 Å². The van der Waals surface area contributed by atoms with E-state index in [-0.39, 0.29) is 18.5 Å². The summed E-state index contributed by atoms with van der Waals surface area (Å²) in [5, 5.41) is 3.94. The maximum Gasteiger partial charge on any atom is 0.259 e. The largest absolute Gasteiger partial charge is 0.467 e. The minimum Gasteiger partial charge on any atom is -0.467 e. The molecule has 0 aliphatic carbocycles. The van der Waals surface area contributed by atoms with E-state index >= 15 is 0 Å². The maximum atomic E-state index is 5.85. The lowest BCUT2D eigenvalue weighted by Crippen LogP contribution is -2.39. The van der Waals surface area contributed by atoms with Gasteiger partial charge in [0.2, 0.25) is 0 Å². The second kappa shape index (κ2) is 7.96. The van der Waals surface area contributed by atoms with Crippen molar-refractivity contribution in [1.82, 2.24) is 9.88 Å². The smallest absolute Gasteiger partial charge is 0.259 e. The Labute approximate surface area is 120 Å². The fraction of sp³-hybridized carbons (Fsp3) is 0.538. The molecule has 19 heavy (non-hydrogen) atoms. The molecule has 2 rings (SSSR count). The molecule has 0 saturated heterocycles. The zero-order chi connectivity index (χ0) is 12.8. The predicted octanol–water partition coefficient (Wildman–Crippen LogP) is 1.92. The Kier molecular flexibility index (Phi) is 6.59. The lowest BCUT2D eigenvalue weighted by atomic mass is 10.2. The van der Waals surface area contributed by atoms with E-state index in [2.05, 4.69) is 28.9 Å². The molecule has 1 atom stereocenters. The van der Waals surface area contributed by atoms with Crippen LogP contribution in [0.4, 0.5) is 0 Å². The van der Waals surface area contributed by atoms with Gasteiger partial charge in [0.1, 0.15) is 6.10 Å². The first-order valence-electron chi connectivity index (χ1n) is 6.32. The summed E-state index contributed by atoms with van der Waals surface area (Å²) in [7, 11) is 0. The van der Waals surface area contributed by atoms with E-state index in [0.29, 0.717) is 12.5 Å². The lowest BCUT2D eigenvalue weighted by Gasteiger charge is -2.27. The van der Waals surface area contributed by atoms with Crippen LogP contribution in [-0.4, -0.2) is 48.1 Å². The Bertz CT molecular complexity index is 396. The van der Waals surface area contributed by atoms with Gasteiger partial charge in [0.25, 0.3) is 5.90 Å². The molecule has 5 nitrogen and oxygen atoms in total. The maximum absolute atomic E-state index is 5.85. The Morgan fingerprint density at radius 2 is 2.16 bits per heavy atom. The van der Waals surface area contributed by atoms with Gasteiger partial charge in [-0.3, -0.25) is 4.98 Å². The van der Waals surface area contributed by atoms with E-state index in [1.165, 1.54) is 0 Å². The summed E-state index contributed by atoms with van der Waals surface area (Å²) in [5.74, 6) is 0.520. The summed E-state index contributed by atoms with van der Waals surface area (Å²) in [6, 6.07) is 3.77. The number of likely N-dealkylation sites (N-methyl/N-ethyl adjacent to an activating group) is 1. The summed E-state index contributed by atoms with van der Waals surface area (Å²) in [6.07, 6.45) is 3.47. The van der Waals surface area contributed by atoms with E-state index < -0.39 is 0 Å². The molecule has 1 aromatic rings. The normalized spacial score (nSPS) is 18.1. The quantitative estimate of drug-likeness (QED) is 0.829. The summed E-state index contributed by atoms with van der Waals surface area (Å²) >= 11 is 0. The zero-order valence-electron chi connectivity index (χ0n) is 11.3. The summed E-state index contributed by atoms with van der Waals surface area (Å²) < 4.78 is 5.85. The predicted molar refractivity (Wildman–Crippen MR) is 76.6 cm³/mol. The number of rotatable bonds is 5. The molecule has 2 heterocycles. The first-order valence-corrected chi connectivity index (χ1v) is 6.32. The summed E-state index contributed by atoms with van der Waals surface area (Å²) in [5.41, 5.74) is 0.849. The first-order chi connectivity index (χ1) is 8.83.